The number of benzene rings is 2. The van der Waals surface area contributed by atoms with E-state index < -0.39 is 0 Å². The molecule has 2 aromatic carbocycles. The largest absolute Gasteiger partial charge is 0.493 e. The summed E-state index contributed by atoms with van der Waals surface area (Å²) < 4.78 is 10.8. The zero-order chi connectivity index (χ0) is 16.2. The fraction of sp³-hybridized carbons (Fsp3) is 0.400. The first-order valence-corrected chi connectivity index (χ1v) is 8.23. The summed E-state index contributed by atoms with van der Waals surface area (Å²) in [5, 5.41) is 3.77. The van der Waals surface area contributed by atoms with E-state index in [4.69, 9.17) is 9.47 Å². The van der Waals surface area contributed by atoms with Crippen LogP contribution in [0.3, 0.4) is 0 Å². The zero-order valence-electron chi connectivity index (χ0n) is 14.1. The molecular weight excluding hydrogens is 286 g/mol. The molecule has 3 nitrogen and oxygen atoms in total. The molecule has 1 N–H and O–H groups in total. The van der Waals surface area contributed by atoms with Gasteiger partial charge in [0.05, 0.1) is 14.2 Å². The molecule has 0 saturated heterocycles. The van der Waals surface area contributed by atoms with Crippen molar-refractivity contribution in [1.29, 1.82) is 0 Å². The van der Waals surface area contributed by atoms with Crippen LogP contribution in [-0.4, -0.2) is 26.3 Å². The average Bonchev–Trinajstić information content (AvgIpc) is 2.95. The maximum absolute atomic E-state index is 5.41. The van der Waals surface area contributed by atoms with Crippen molar-refractivity contribution in [3.8, 4) is 11.5 Å². The van der Waals surface area contributed by atoms with E-state index in [9.17, 15) is 0 Å². The molecule has 2 aromatic rings. The SMILES string of the molecule is COc1cc2c(cc1OC)CC(NC(C)Cc1ccccc1)C2. The van der Waals surface area contributed by atoms with Crippen molar-refractivity contribution >= 4 is 0 Å². The van der Waals surface area contributed by atoms with Gasteiger partial charge in [0.25, 0.3) is 0 Å². The van der Waals surface area contributed by atoms with Crippen LogP contribution >= 0.6 is 0 Å². The molecule has 0 aliphatic heterocycles. The van der Waals surface area contributed by atoms with Gasteiger partial charge >= 0.3 is 0 Å². The van der Waals surface area contributed by atoms with Crippen LogP contribution in [0.1, 0.15) is 23.6 Å². The number of ether oxygens (including phenoxy) is 2. The van der Waals surface area contributed by atoms with Crippen LogP contribution in [0, 0.1) is 0 Å². The first kappa shape index (κ1) is 15.9. The monoisotopic (exact) mass is 311 g/mol. The Kier molecular flexibility index (Phi) is 4.87. The third-order valence-corrected chi connectivity index (χ3v) is 4.54. The van der Waals surface area contributed by atoms with E-state index in [-0.39, 0.29) is 0 Å². The molecular formula is C20H25NO2. The van der Waals surface area contributed by atoms with Gasteiger partial charge in [-0.25, -0.2) is 0 Å². The molecule has 0 fully saturated rings. The van der Waals surface area contributed by atoms with Crippen molar-refractivity contribution in [3.63, 3.8) is 0 Å². The standard InChI is InChI=1S/C20H25NO2/c1-14(9-15-7-5-4-6-8-15)21-18-10-16-12-19(22-2)20(23-3)13-17(16)11-18/h4-8,12-14,18,21H,9-11H2,1-3H3. The second-order valence-corrected chi connectivity index (χ2v) is 6.34. The van der Waals surface area contributed by atoms with Gasteiger partial charge in [0.15, 0.2) is 11.5 Å². The highest BCUT2D eigenvalue weighted by atomic mass is 16.5. The molecule has 122 valence electrons. The Bertz CT molecular complexity index is 621. The molecule has 1 atom stereocenters. The van der Waals surface area contributed by atoms with Crippen molar-refractivity contribution in [2.24, 2.45) is 0 Å². The molecule has 1 aliphatic rings. The Balaban J connectivity index is 1.63. The minimum atomic E-state index is 0.459. The number of hydrogen-bond acceptors (Lipinski definition) is 3. The van der Waals surface area contributed by atoms with Gasteiger partial charge in [0, 0.05) is 12.1 Å². The molecule has 1 aliphatic carbocycles. The van der Waals surface area contributed by atoms with Crippen LogP contribution in [-0.2, 0) is 19.3 Å². The zero-order valence-corrected chi connectivity index (χ0v) is 14.1. The van der Waals surface area contributed by atoms with Crippen molar-refractivity contribution in [3.05, 3.63) is 59.2 Å². The van der Waals surface area contributed by atoms with E-state index >= 15 is 0 Å². The molecule has 1 unspecified atom stereocenters. The first-order chi connectivity index (χ1) is 11.2. The third kappa shape index (κ3) is 3.67. The Hall–Kier alpha value is -2.00. The number of nitrogens with one attached hydrogen (secondary N) is 1. The van der Waals surface area contributed by atoms with Crippen molar-refractivity contribution < 1.29 is 9.47 Å². The summed E-state index contributed by atoms with van der Waals surface area (Å²) in [6, 6.07) is 15.8. The number of methoxy groups -OCH3 is 2. The molecule has 0 aromatic heterocycles. The maximum atomic E-state index is 5.41. The quantitative estimate of drug-likeness (QED) is 0.887. The lowest BCUT2D eigenvalue weighted by Crippen LogP contribution is -2.38. The van der Waals surface area contributed by atoms with Gasteiger partial charge in [-0.3, -0.25) is 0 Å². The molecule has 3 heteroatoms. The van der Waals surface area contributed by atoms with Crippen molar-refractivity contribution in [1.82, 2.24) is 5.32 Å². The minimum Gasteiger partial charge on any atom is -0.493 e. The van der Waals surface area contributed by atoms with Gasteiger partial charge in [-0.2, -0.15) is 0 Å². The second-order valence-electron chi connectivity index (χ2n) is 6.34. The summed E-state index contributed by atoms with van der Waals surface area (Å²) in [4.78, 5) is 0. The highest BCUT2D eigenvalue weighted by Gasteiger charge is 2.24. The molecule has 0 bridgehead atoms. The Morgan fingerprint density at radius 1 is 1.00 bits per heavy atom. The van der Waals surface area contributed by atoms with Gasteiger partial charge in [-0.05, 0) is 55.0 Å². The van der Waals surface area contributed by atoms with E-state index in [1.165, 1.54) is 16.7 Å². The van der Waals surface area contributed by atoms with Crippen LogP contribution in [0.4, 0.5) is 0 Å². The van der Waals surface area contributed by atoms with E-state index in [1.54, 1.807) is 14.2 Å². The summed E-state index contributed by atoms with van der Waals surface area (Å²) in [5.41, 5.74) is 4.12. The normalized spacial score (nSPS) is 15.3. The number of rotatable bonds is 6. The summed E-state index contributed by atoms with van der Waals surface area (Å²) in [7, 11) is 3.38. The number of fused-ring (bicyclic) bond motifs is 1. The van der Waals surface area contributed by atoms with Gasteiger partial charge < -0.3 is 14.8 Å². The fourth-order valence-electron chi connectivity index (χ4n) is 3.49. The number of hydrogen-bond donors (Lipinski definition) is 1. The third-order valence-electron chi connectivity index (χ3n) is 4.54. The lowest BCUT2D eigenvalue weighted by atomic mass is 10.1. The molecule has 23 heavy (non-hydrogen) atoms. The Morgan fingerprint density at radius 2 is 1.57 bits per heavy atom. The van der Waals surface area contributed by atoms with Gasteiger partial charge in [-0.15, -0.1) is 0 Å². The predicted molar refractivity (Wildman–Crippen MR) is 93.5 cm³/mol. The maximum Gasteiger partial charge on any atom is 0.161 e. The van der Waals surface area contributed by atoms with Crippen LogP contribution in [0.5, 0.6) is 11.5 Å². The average molecular weight is 311 g/mol. The van der Waals surface area contributed by atoms with Crippen LogP contribution < -0.4 is 14.8 Å². The lowest BCUT2D eigenvalue weighted by molar-refractivity contribution is 0.354. The Labute approximate surface area is 138 Å². The van der Waals surface area contributed by atoms with E-state index in [1.807, 2.05) is 0 Å². The second kappa shape index (κ2) is 7.05. The van der Waals surface area contributed by atoms with E-state index in [0.29, 0.717) is 12.1 Å². The van der Waals surface area contributed by atoms with E-state index in [2.05, 4.69) is 54.7 Å². The molecule has 0 saturated carbocycles. The smallest absolute Gasteiger partial charge is 0.161 e. The summed E-state index contributed by atoms with van der Waals surface area (Å²) >= 11 is 0. The lowest BCUT2D eigenvalue weighted by Gasteiger charge is -2.19. The molecule has 0 amide bonds. The van der Waals surface area contributed by atoms with Crippen LogP contribution in [0.2, 0.25) is 0 Å². The highest BCUT2D eigenvalue weighted by molar-refractivity contribution is 5.49. The Morgan fingerprint density at radius 3 is 2.09 bits per heavy atom. The van der Waals surface area contributed by atoms with E-state index in [0.717, 1.165) is 30.8 Å². The fourth-order valence-corrected chi connectivity index (χ4v) is 3.49. The predicted octanol–water partition coefficient (Wildman–Crippen LogP) is 3.39. The minimum absolute atomic E-state index is 0.459. The van der Waals surface area contributed by atoms with Crippen LogP contribution in [0.15, 0.2) is 42.5 Å². The van der Waals surface area contributed by atoms with Crippen molar-refractivity contribution in [2.75, 3.05) is 14.2 Å². The van der Waals surface area contributed by atoms with Crippen LogP contribution in [0.25, 0.3) is 0 Å². The molecule has 3 rings (SSSR count). The topological polar surface area (TPSA) is 30.5 Å². The van der Waals surface area contributed by atoms with Crippen molar-refractivity contribution in [2.45, 2.75) is 38.3 Å². The summed E-state index contributed by atoms with van der Waals surface area (Å²) in [6.45, 7) is 2.26. The molecule has 0 heterocycles. The highest BCUT2D eigenvalue weighted by Crippen LogP contribution is 2.34. The summed E-state index contributed by atoms with van der Waals surface area (Å²) in [6.07, 6.45) is 3.16. The van der Waals surface area contributed by atoms with Gasteiger partial charge in [-0.1, -0.05) is 30.3 Å². The molecule has 0 spiro atoms. The molecule has 0 radical (unpaired) electrons. The summed E-state index contributed by atoms with van der Waals surface area (Å²) in [5.74, 6) is 1.65. The first-order valence-electron chi connectivity index (χ1n) is 8.23. The van der Waals surface area contributed by atoms with Gasteiger partial charge in [0.1, 0.15) is 0 Å². The van der Waals surface area contributed by atoms with Gasteiger partial charge in [0.2, 0.25) is 0 Å².